The second kappa shape index (κ2) is 7.18. The van der Waals surface area contributed by atoms with Gasteiger partial charge < -0.3 is 5.32 Å². The van der Waals surface area contributed by atoms with E-state index in [4.69, 9.17) is 4.98 Å². The number of thiazole rings is 1. The summed E-state index contributed by atoms with van der Waals surface area (Å²) >= 11 is 1.77. The monoisotopic (exact) mass is 310 g/mol. The van der Waals surface area contributed by atoms with Crippen LogP contribution < -0.4 is 5.32 Å². The van der Waals surface area contributed by atoms with Crippen LogP contribution in [0.3, 0.4) is 0 Å². The fourth-order valence-electron chi connectivity index (χ4n) is 2.60. The zero-order chi connectivity index (χ0) is 15.5. The van der Waals surface area contributed by atoms with Crippen molar-refractivity contribution in [2.24, 2.45) is 0 Å². The van der Waals surface area contributed by atoms with Crippen molar-refractivity contribution < 1.29 is 0 Å². The average molecular weight is 311 g/mol. The molecule has 120 valence electrons. The maximum Gasteiger partial charge on any atom is 0.107 e. The molecule has 0 unspecified atom stereocenters. The van der Waals surface area contributed by atoms with Crippen LogP contribution in [0.4, 0.5) is 0 Å². The smallest absolute Gasteiger partial charge is 0.107 e. The number of nitrogens with one attached hydrogen (secondary N) is 1. The SMILES string of the molecule is CC(C)NCc1nc(CN2CCN(C(C)(C)C)CC2)cs1. The van der Waals surface area contributed by atoms with Crippen LogP contribution in [0.15, 0.2) is 5.38 Å². The van der Waals surface area contributed by atoms with Gasteiger partial charge in [-0.25, -0.2) is 4.98 Å². The summed E-state index contributed by atoms with van der Waals surface area (Å²) < 4.78 is 0. The molecule has 0 amide bonds. The first-order valence-corrected chi connectivity index (χ1v) is 8.86. The highest BCUT2D eigenvalue weighted by atomic mass is 32.1. The van der Waals surface area contributed by atoms with E-state index in [-0.39, 0.29) is 0 Å². The Morgan fingerprint density at radius 1 is 1.24 bits per heavy atom. The van der Waals surface area contributed by atoms with Gasteiger partial charge >= 0.3 is 0 Å². The van der Waals surface area contributed by atoms with Crippen LogP contribution in [0.2, 0.25) is 0 Å². The van der Waals surface area contributed by atoms with Crippen LogP contribution in [-0.2, 0) is 13.1 Å². The largest absolute Gasteiger partial charge is 0.308 e. The quantitative estimate of drug-likeness (QED) is 0.906. The third-order valence-electron chi connectivity index (χ3n) is 3.97. The first kappa shape index (κ1) is 16.9. The van der Waals surface area contributed by atoms with E-state index in [9.17, 15) is 0 Å². The predicted molar refractivity (Wildman–Crippen MR) is 90.7 cm³/mol. The summed E-state index contributed by atoms with van der Waals surface area (Å²) in [6.45, 7) is 17.8. The lowest BCUT2D eigenvalue weighted by molar-refractivity contribution is 0.0586. The minimum atomic E-state index is 0.294. The second-order valence-corrected chi connectivity index (χ2v) is 8.14. The Labute approximate surface area is 133 Å². The summed E-state index contributed by atoms with van der Waals surface area (Å²) in [5.41, 5.74) is 1.52. The Morgan fingerprint density at radius 3 is 2.48 bits per heavy atom. The number of rotatable bonds is 5. The summed E-state index contributed by atoms with van der Waals surface area (Å²) in [4.78, 5) is 9.84. The van der Waals surface area contributed by atoms with E-state index in [0.717, 1.165) is 39.3 Å². The zero-order valence-corrected chi connectivity index (χ0v) is 15.0. The zero-order valence-electron chi connectivity index (χ0n) is 14.1. The maximum absolute atomic E-state index is 4.74. The van der Waals surface area contributed by atoms with Gasteiger partial charge in [-0.2, -0.15) is 0 Å². The van der Waals surface area contributed by atoms with Crippen molar-refractivity contribution in [2.45, 2.75) is 59.3 Å². The van der Waals surface area contributed by atoms with E-state index >= 15 is 0 Å². The molecule has 1 aliphatic rings. The topological polar surface area (TPSA) is 31.4 Å². The van der Waals surface area contributed by atoms with Gasteiger partial charge in [-0.15, -0.1) is 11.3 Å². The van der Waals surface area contributed by atoms with Gasteiger partial charge in [0.15, 0.2) is 0 Å². The second-order valence-electron chi connectivity index (χ2n) is 7.20. The van der Waals surface area contributed by atoms with E-state index in [1.165, 1.54) is 10.7 Å². The van der Waals surface area contributed by atoms with Gasteiger partial charge in [0.1, 0.15) is 5.01 Å². The number of nitrogens with zero attached hydrogens (tertiary/aromatic N) is 3. The molecule has 0 spiro atoms. The molecule has 0 bridgehead atoms. The van der Waals surface area contributed by atoms with Gasteiger partial charge in [-0.1, -0.05) is 13.8 Å². The van der Waals surface area contributed by atoms with Crippen LogP contribution in [0.25, 0.3) is 0 Å². The minimum Gasteiger partial charge on any atom is -0.308 e. The summed E-state index contributed by atoms with van der Waals surface area (Å²) in [5.74, 6) is 0. The molecule has 1 N–H and O–H groups in total. The number of aromatic nitrogens is 1. The third-order valence-corrected chi connectivity index (χ3v) is 4.87. The van der Waals surface area contributed by atoms with Crippen molar-refractivity contribution >= 4 is 11.3 Å². The molecular formula is C16H30N4S. The van der Waals surface area contributed by atoms with Crippen molar-refractivity contribution in [3.63, 3.8) is 0 Å². The van der Waals surface area contributed by atoms with Crippen molar-refractivity contribution in [2.75, 3.05) is 26.2 Å². The number of hydrogen-bond donors (Lipinski definition) is 1. The number of hydrogen-bond acceptors (Lipinski definition) is 5. The van der Waals surface area contributed by atoms with Gasteiger partial charge in [-0.3, -0.25) is 9.80 Å². The molecule has 0 aliphatic carbocycles. The van der Waals surface area contributed by atoms with Gasteiger partial charge in [-0.05, 0) is 20.8 Å². The molecule has 1 aliphatic heterocycles. The number of piperazine rings is 1. The van der Waals surface area contributed by atoms with E-state index in [0.29, 0.717) is 11.6 Å². The predicted octanol–water partition coefficient (Wildman–Crippen LogP) is 2.56. The average Bonchev–Trinajstić information content (AvgIpc) is 2.83. The molecule has 1 aromatic heterocycles. The van der Waals surface area contributed by atoms with Crippen molar-refractivity contribution in [3.05, 3.63) is 16.1 Å². The highest BCUT2D eigenvalue weighted by Crippen LogP contribution is 2.18. The minimum absolute atomic E-state index is 0.294. The molecular weight excluding hydrogens is 280 g/mol. The molecule has 21 heavy (non-hydrogen) atoms. The molecule has 0 radical (unpaired) electrons. The molecule has 4 nitrogen and oxygen atoms in total. The standard InChI is InChI=1S/C16H30N4S/c1-13(2)17-10-15-18-14(12-21-15)11-19-6-8-20(9-7-19)16(3,4)5/h12-13,17H,6-11H2,1-5H3. The highest BCUT2D eigenvalue weighted by molar-refractivity contribution is 7.09. The molecule has 1 saturated heterocycles. The maximum atomic E-state index is 4.74. The lowest BCUT2D eigenvalue weighted by Gasteiger charge is -2.42. The highest BCUT2D eigenvalue weighted by Gasteiger charge is 2.25. The van der Waals surface area contributed by atoms with Gasteiger partial charge in [0.25, 0.3) is 0 Å². The van der Waals surface area contributed by atoms with Crippen LogP contribution in [0.1, 0.15) is 45.3 Å². The van der Waals surface area contributed by atoms with Crippen molar-refractivity contribution in [1.29, 1.82) is 0 Å². The Kier molecular flexibility index (Phi) is 5.77. The summed E-state index contributed by atoms with van der Waals surface area (Å²) in [7, 11) is 0. The first-order valence-electron chi connectivity index (χ1n) is 7.98. The Balaban J connectivity index is 1.78. The van der Waals surface area contributed by atoms with Gasteiger partial charge in [0.2, 0.25) is 0 Å². The molecule has 0 aromatic carbocycles. The van der Waals surface area contributed by atoms with E-state index in [2.05, 4.69) is 55.1 Å². The normalized spacial score (nSPS) is 18.6. The van der Waals surface area contributed by atoms with Gasteiger partial charge in [0, 0.05) is 56.2 Å². The molecule has 0 saturated carbocycles. The molecule has 0 atom stereocenters. The fraction of sp³-hybridized carbons (Fsp3) is 0.812. The molecule has 2 heterocycles. The summed E-state index contributed by atoms with van der Waals surface area (Å²) in [6, 6.07) is 0.517. The van der Waals surface area contributed by atoms with E-state index < -0.39 is 0 Å². The molecule has 5 heteroatoms. The van der Waals surface area contributed by atoms with E-state index in [1.807, 2.05) is 0 Å². The van der Waals surface area contributed by atoms with Crippen LogP contribution in [0, 0.1) is 0 Å². The summed E-state index contributed by atoms with van der Waals surface area (Å²) in [6.07, 6.45) is 0. The fourth-order valence-corrected chi connectivity index (χ4v) is 3.34. The first-order chi connectivity index (χ1) is 9.84. The van der Waals surface area contributed by atoms with Crippen molar-refractivity contribution in [3.8, 4) is 0 Å². The molecule has 1 aromatic rings. The van der Waals surface area contributed by atoms with Crippen LogP contribution in [0.5, 0.6) is 0 Å². The van der Waals surface area contributed by atoms with Crippen molar-refractivity contribution in [1.82, 2.24) is 20.1 Å². The van der Waals surface area contributed by atoms with Crippen LogP contribution in [-0.4, -0.2) is 52.5 Å². The lowest BCUT2D eigenvalue weighted by atomic mass is 10.1. The molecule has 2 rings (SSSR count). The van der Waals surface area contributed by atoms with Gasteiger partial charge in [0.05, 0.1) is 5.69 Å². The van der Waals surface area contributed by atoms with E-state index in [1.54, 1.807) is 11.3 Å². The lowest BCUT2D eigenvalue weighted by Crippen LogP contribution is -2.53. The Hall–Kier alpha value is -0.490. The Bertz CT molecular complexity index is 428. The molecule has 1 fully saturated rings. The third kappa shape index (κ3) is 5.33. The Morgan fingerprint density at radius 2 is 1.90 bits per heavy atom. The summed E-state index contributed by atoms with van der Waals surface area (Å²) in [5, 5.41) is 6.85. The van der Waals surface area contributed by atoms with Crippen LogP contribution >= 0.6 is 11.3 Å².